The summed E-state index contributed by atoms with van der Waals surface area (Å²) in [6, 6.07) is 23.5. The van der Waals surface area contributed by atoms with Gasteiger partial charge in [0.2, 0.25) is 0 Å². The first-order valence-electron chi connectivity index (χ1n) is 9.50. The fraction of sp³-hybridized carbons (Fsp3) is 0.250. The van der Waals surface area contributed by atoms with Crippen molar-refractivity contribution in [1.82, 2.24) is 5.32 Å². The van der Waals surface area contributed by atoms with Gasteiger partial charge < -0.3 is 5.32 Å². The van der Waals surface area contributed by atoms with Crippen molar-refractivity contribution in [1.29, 1.82) is 0 Å². The second kappa shape index (κ2) is 9.02. The number of rotatable bonds is 2. The van der Waals surface area contributed by atoms with Crippen LogP contribution in [0, 0.1) is 0 Å². The molecular weight excluding hydrogens is 338 g/mol. The van der Waals surface area contributed by atoms with E-state index < -0.39 is 0 Å². The first-order valence-corrected chi connectivity index (χ1v) is 9.87. The fourth-order valence-electron chi connectivity index (χ4n) is 3.54. The molecule has 0 spiro atoms. The topological polar surface area (TPSA) is 12.0 Å². The molecule has 0 atom stereocenters. The molecule has 1 N–H and O–H groups in total. The summed E-state index contributed by atoms with van der Waals surface area (Å²) in [6.45, 7) is 6.05. The summed E-state index contributed by atoms with van der Waals surface area (Å²) in [5, 5.41) is 4.33. The molecule has 1 aliphatic rings. The minimum atomic E-state index is 0.848. The Labute approximate surface area is 162 Å². The van der Waals surface area contributed by atoms with Crippen LogP contribution in [0.1, 0.15) is 25.0 Å². The first kappa shape index (κ1) is 18.7. The van der Waals surface area contributed by atoms with Gasteiger partial charge in [-0.15, -0.1) is 0 Å². The lowest BCUT2D eigenvalue weighted by Crippen LogP contribution is -2.16. The van der Waals surface area contributed by atoms with Gasteiger partial charge in [-0.1, -0.05) is 80.0 Å². The van der Waals surface area contributed by atoms with Gasteiger partial charge in [0, 0.05) is 10.6 Å². The Morgan fingerprint density at radius 2 is 1.42 bits per heavy atom. The van der Waals surface area contributed by atoms with Crippen molar-refractivity contribution in [3.05, 3.63) is 82.9 Å². The second-order valence-corrected chi connectivity index (χ2v) is 6.66. The molecule has 3 aromatic rings. The predicted octanol–water partition coefficient (Wildman–Crippen LogP) is 6.39. The quantitative estimate of drug-likeness (QED) is 0.556. The molecule has 3 aromatic carbocycles. The summed E-state index contributed by atoms with van der Waals surface area (Å²) >= 11 is 6.63. The van der Waals surface area contributed by atoms with Crippen LogP contribution in [0.15, 0.2) is 66.7 Å². The van der Waals surface area contributed by atoms with E-state index in [0.717, 1.165) is 31.0 Å². The standard InChI is InChI=1S/C22H20ClN.C2H6/c23-21-10-9-17-11-13-24-14-12-20(17)22(21)19-8-4-7-18(15-19)16-5-2-1-3-6-16;1-2/h1-10,15,24H,11-14H2;1-2H3. The van der Waals surface area contributed by atoms with E-state index in [4.69, 9.17) is 11.6 Å². The molecule has 0 radical (unpaired) electrons. The summed E-state index contributed by atoms with van der Waals surface area (Å²) in [5.41, 5.74) is 7.70. The molecule has 0 aromatic heterocycles. The third-order valence-corrected chi connectivity index (χ3v) is 5.06. The molecule has 1 nitrogen and oxygen atoms in total. The molecule has 0 amide bonds. The average Bonchev–Trinajstić information content (AvgIpc) is 2.96. The monoisotopic (exact) mass is 363 g/mol. The molecule has 0 fully saturated rings. The van der Waals surface area contributed by atoms with Gasteiger partial charge in [0.15, 0.2) is 0 Å². The van der Waals surface area contributed by atoms with Crippen LogP contribution < -0.4 is 5.32 Å². The summed E-state index contributed by atoms with van der Waals surface area (Å²) in [5.74, 6) is 0. The lowest BCUT2D eigenvalue weighted by Gasteiger charge is -2.15. The number of hydrogen-bond acceptors (Lipinski definition) is 1. The highest BCUT2D eigenvalue weighted by molar-refractivity contribution is 6.33. The van der Waals surface area contributed by atoms with Crippen LogP contribution in [0.5, 0.6) is 0 Å². The minimum absolute atomic E-state index is 0.848. The smallest absolute Gasteiger partial charge is 0.0487 e. The highest BCUT2D eigenvalue weighted by Gasteiger charge is 2.16. The minimum Gasteiger partial charge on any atom is -0.316 e. The molecule has 0 unspecified atom stereocenters. The normalized spacial score (nSPS) is 13.2. The van der Waals surface area contributed by atoms with Crippen LogP contribution in [0.2, 0.25) is 5.02 Å². The number of nitrogens with one attached hydrogen (secondary N) is 1. The molecule has 26 heavy (non-hydrogen) atoms. The van der Waals surface area contributed by atoms with Gasteiger partial charge in [-0.25, -0.2) is 0 Å². The van der Waals surface area contributed by atoms with E-state index in [1.165, 1.54) is 33.4 Å². The number of fused-ring (bicyclic) bond motifs is 1. The summed E-state index contributed by atoms with van der Waals surface area (Å²) < 4.78 is 0. The zero-order valence-electron chi connectivity index (χ0n) is 15.6. The Hall–Kier alpha value is -2.09. The van der Waals surface area contributed by atoms with Gasteiger partial charge in [-0.2, -0.15) is 0 Å². The van der Waals surface area contributed by atoms with Crippen molar-refractivity contribution in [3.8, 4) is 22.3 Å². The lowest BCUT2D eigenvalue weighted by atomic mass is 9.91. The molecule has 1 heterocycles. The van der Waals surface area contributed by atoms with Gasteiger partial charge in [0.25, 0.3) is 0 Å². The van der Waals surface area contributed by atoms with Gasteiger partial charge in [0.05, 0.1) is 0 Å². The van der Waals surface area contributed by atoms with Crippen LogP contribution >= 0.6 is 11.6 Å². The fourth-order valence-corrected chi connectivity index (χ4v) is 3.83. The van der Waals surface area contributed by atoms with Crippen LogP contribution in [0.3, 0.4) is 0 Å². The Balaban J connectivity index is 0.000000948. The Bertz CT molecular complexity index is 855. The Kier molecular flexibility index (Phi) is 6.49. The highest BCUT2D eigenvalue weighted by atomic mass is 35.5. The van der Waals surface area contributed by atoms with Crippen LogP contribution in [0.4, 0.5) is 0 Å². The van der Waals surface area contributed by atoms with E-state index in [-0.39, 0.29) is 0 Å². The highest BCUT2D eigenvalue weighted by Crippen LogP contribution is 2.36. The Morgan fingerprint density at radius 3 is 2.23 bits per heavy atom. The summed E-state index contributed by atoms with van der Waals surface area (Å²) in [7, 11) is 0. The predicted molar refractivity (Wildman–Crippen MR) is 114 cm³/mol. The maximum Gasteiger partial charge on any atom is 0.0487 e. The maximum atomic E-state index is 6.63. The molecule has 0 saturated carbocycles. The summed E-state index contributed by atoms with van der Waals surface area (Å²) in [6.07, 6.45) is 2.10. The molecule has 0 bridgehead atoms. The zero-order chi connectivity index (χ0) is 18.4. The second-order valence-electron chi connectivity index (χ2n) is 6.26. The van der Waals surface area contributed by atoms with Crippen LogP contribution in [-0.2, 0) is 12.8 Å². The van der Waals surface area contributed by atoms with Gasteiger partial charge in [-0.05, 0) is 65.9 Å². The summed E-state index contributed by atoms with van der Waals surface area (Å²) in [4.78, 5) is 0. The molecule has 0 aliphatic carbocycles. The third-order valence-electron chi connectivity index (χ3n) is 4.74. The van der Waals surface area contributed by atoms with Gasteiger partial charge in [0.1, 0.15) is 0 Å². The third kappa shape index (κ3) is 4.00. The maximum absolute atomic E-state index is 6.63. The number of hydrogen-bond donors (Lipinski definition) is 1. The van der Waals surface area contributed by atoms with E-state index in [2.05, 4.69) is 66.0 Å². The largest absolute Gasteiger partial charge is 0.316 e. The molecule has 2 heteroatoms. The molecular formula is C24H26ClN. The number of halogens is 1. The van der Waals surface area contributed by atoms with E-state index in [1.807, 2.05) is 19.9 Å². The van der Waals surface area contributed by atoms with E-state index in [1.54, 1.807) is 0 Å². The van der Waals surface area contributed by atoms with Gasteiger partial charge in [-0.3, -0.25) is 0 Å². The van der Waals surface area contributed by atoms with Crippen molar-refractivity contribution in [2.45, 2.75) is 26.7 Å². The van der Waals surface area contributed by atoms with Crippen LogP contribution in [-0.4, -0.2) is 13.1 Å². The SMILES string of the molecule is CC.Clc1ccc2c(c1-c1cccc(-c3ccccc3)c1)CCNCC2. The molecule has 134 valence electrons. The first-order chi connectivity index (χ1) is 12.8. The van der Waals surface area contributed by atoms with Crippen LogP contribution in [0.25, 0.3) is 22.3 Å². The Morgan fingerprint density at radius 1 is 0.731 bits per heavy atom. The molecule has 0 saturated heterocycles. The van der Waals surface area contributed by atoms with E-state index >= 15 is 0 Å². The molecule has 4 rings (SSSR count). The van der Waals surface area contributed by atoms with Crippen molar-refractivity contribution >= 4 is 11.6 Å². The van der Waals surface area contributed by atoms with E-state index in [0.29, 0.717) is 0 Å². The lowest BCUT2D eigenvalue weighted by molar-refractivity contribution is 0.711. The zero-order valence-corrected chi connectivity index (χ0v) is 16.3. The van der Waals surface area contributed by atoms with E-state index in [9.17, 15) is 0 Å². The molecule has 1 aliphatic heterocycles. The van der Waals surface area contributed by atoms with Crippen molar-refractivity contribution in [2.24, 2.45) is 0 Å². The van der Waals surface area contributed by atoms with Crippen molar-refractivity contribution < 1.29 is 0 Å². The average molecular weight is 364 g/mol. The van der Waals surface area contributed by atoms with Crippen molar-refractivity contribution in [2.75, 3.05) is 13.1 Å². The van der Waals surface area contributed by atoms with Gasteiger partial charge >= 0.3 is 0 Å². The van der Waals surface area contributed by atoms with Crippen molar-refractivity contribution in [3.63, 3.8) is 0 Å². The number of benzene rings is 3.